The Labute approximate surface area is 140 Å². The lowest BCUT2D eigenvalue weighted by Gasteiger charge is -2.25. The van der Waals surface area contributed by atoms with Gasteiger partial charge in [-0.3, -0.25) is 4.79 Å². The number of carbonyl (C=O) groups excluding carboxylic acids is 2. The third-order valence-electron chi connectivity index (χ3n) is 3.71. The number of hydrogen-bond donors (Lipinski definition) is 0. The topological polar surface area (TPSA) is 52.6 Å². The fourth-order valence-electron chi connectivity index (χ4n) is 2.06. The van der Waals surface area contributed by atoms with Crippen LogP contribution in [0.3, 0.4) is 0 Å². The van der Waals surface area contributed by atoms with Crippen molar-refractivity contribution in [1.82, 2.24) is 0 Å². The lowest BCUT2D eigenvalue weighted by Crippen LogP contribution is -2.32. The molecule has 0 aliphatic heterocycles. The first-order valence-electron chi connectivity index (χ1n) is 7.14. The molecule has 0 saturated carbocycles. The Balaban J connectivity index is 2.61. The molecule has 1 rings (SSSR count). The van der Waals surface area contributed by atoms with Gasteiger partial charge in [-0.25, -0.2) is 0 Å². The molecule has 0 aliphatic rings. The van der Waals surface area contributed by atoms with Crippen LogP contribution >= 0.6 is 15.9 Å². The first-order valence-corrected chi connectivity index (χ1v) is 7.93. The minimum Gasteiger partial charge on any atom is -0.469 e. The van der Waals surface area contributed by atoms with E-state index in [1.807, 2.05) is 31.2 Å². The molecule has 0 amide bonds. The number of carbonyl (C=O) groups is 2. The molecule has 0 bridgehead atoms. The second kappa shape index (κ2) is 7.88. The second-order valence-electron chi connectivity index (χ2n) is 6.22. The van der Waals surface area contributed by atoms with Gasteiger partial charge in [0, 0.05) is 11.1 Å². The summed E-state index contributed by atoms with van der Waals surface area (Å²) in [5, 5.41) is 0. The summed E-state index contributed by atoms with van der Waals surface area (Å²) < 4.78 is 11.3. The molecule has 1 atom stereocenters. The predicted molar refractivity (Wildman–Crippen MR) is 88.8 cm³/mol. The molecule has 0 radical (unpaired) electrons. The van der Waals surface area contributed by atoms with Crippen molar-refractivity contribution in [3.8, 4) is 0 Å². The zero-order valence-electron chi connectivity index (χ0n) is 13.5. The summed E-state index contributed by atoms with van der Waals surface area (Å²) in [5.74, 6) is -0.308. The van der Waals surface area contributed by atoms with Gasteiger partial charge in [-0.15, -0.1) is 0 Å². The summed E-state index contributed by atoms with van der Waals surface area (Å²) in [6, 6.07) is 7.69. The number of benzene rings is 1. The van der Waals surface area contributed by atoms with Gasteiger partial charge in [0.05, 0.1) is 24.5 Å². The molecule has 5 heteroatoms. The van der Waals surface area contributed by atoms with Crippen LogP contribution < -0.4 is 0 Å². The van der Waals surface area contributed by atoms with E-state index in [1.54, 1.807) is 13.8 Å². The highest BCUT2D eigenvalue weighted by molar-refractivity contribution is 9.10. The lowest BCUT2D eigenvalue weighted by molar-refractivity contribution is -0.154. The molecular formula is C17H23BrO4. The molecule has 0 aliphatic carbocycles. The van der Waals surface area contributed by atoms with Gasteiger partial charge in [-0.1, -0.05) is 28.1 Å². The lowest BCUT2D eigenvalue weighted by atomic mass is 9.81. The van der Waals surface area contributed by atoms with Crippen molar-refractivity contribution in [1.29, 1.82) is 0 Å². The highest BCUT2D eigenvalue weighted by atomic mass is 79.9. The molecule has 1 aromatic rings. The Hall–Kier alpha value is -1.20. The van der Waals surface area contributed by atoms with Crippen molar-refractivity contribution >= 4 is 28.2 Å². The Morgan fingerprint density at radius 1 is 1.32 bits per heavy atom. The van der Waals surface area contributed by atoms with Gasteiger partial charge in [-0.2, -0.15) is 0 Å². The molecule has 0 spiro atoms. The molecule has 0 aromatic heterocycles. The number of ether oxygens (including phenoxy) is 2. The van der Waals surface area contributed by atoms with Crippen molar-refractivity contribution in [2.75, 3.05) is 20.3 Å². The van der Waals surface area contributed by atoms with Gasteiger partial charge in [-0.05, 0) is 44.9 Å². The average Bonchev–Trinajstić information content (AvgIpc) is 2.50. The molecule has 1 aromatic carbocycles. The summed E-state index contributed by atoms with van der Waals surface area (Å²) in [6.45, 7) is 6.07. The van der Waals surface area contributed by atoms with Crippen LogP contribution in [0.1, 0.15) is 32.8 Å². The van der Waals surface area contributed by atoms with E-state index in [9.17, 15) is 9.59 Å². The molecule has 22 heavy (non-hydrogen) atoms. The van der Waals surface area contributed by atoms with E-state index in [1.165, 1.54) is 7.11 Å². The molecule has 0 saturated heterocycles. The Kier molecular flexibility index (Phi) is 6.75. The molecule has 0 N–H and O–H groups in total. The largest absolute Gasteiger partial charge is 0.469 e. The molecule has 1 unspecified atom stereocenters. The number of hydrogen-bond acceptors (Lipinski definition) is 4. The SMILES string of the molecule is COC(=O)C(C)(C)COCCC(C)(C=O)c1cccc(Br)c1. The van der Waals surface area contributed by atoms with Crippen LogP contribution in [0.4, 0.5) is 0 Å². The number of esters is 1. The predicted octanol–water partition coefficient (Wildman–Crippen LogP) is 3.51. The van der Waals surface area contributed by atoms with E-state index in [0.29, 0.717) is 13.0 Å². The number of aldehydes is 1. The van der Waals surface area contributed by atoms with E-state index in [0.717, 1.165) is 16.3 Å². The van der Waals surface area contributed by atoms with Crippen molar-refractivity contribution < 1.29 is 19.1 Å². The van der Waals surface area contributed by atoms with Crippen LogP contribution in [0.25, 0.3) is 0 Å². The van der Waals surface area contributed by atoms with Gasteiger partial charge in [0.15, 0.2) is 0 Å². The average molecular weight is 371 g/mol. The highest BCUT2D eigenvalue weighted by Gasteiger charge is 2.30. The highest BCUT2D eigenvalue weighted by Crippen LogP contribution is 2.28. The smallest absolute Gasteiger partial charge is 0.313 e. The number of rotatable bonds is 8. The van der Waals surface area contributed by atoms with E-state index in [-0.39, 0.29) is 12.6 Å². The van der Waals surface area contributed by atoms with Gasteiger partial charge >= 0.3 is 5.97 Å². The number of halogens is 1. The Morgan fingerprint density at radius 2 is 2.00 bits per heavy atom. The zero-order valence-corrected chi connectivity index (χ0v) is 15.1. The van der Waals surface area contributed by atoms with Crippen LogP contribution in [0.5, 0.6) is 0 Å². The number of methoxy groups -OCH3 is 1. The molecule has 122 valence electrons. The third kappa shape index (κ3) is 4.92. The van der Waals surface area contributed by atoms with Crippen molar-refractivity contribution in [2.24, 2.45) is 5.41 Å². The van der Waals surface area contributed by atoms with Crippen LogP contribution in [0.15, 0.2) is 28.7 Å². The normalized spacial score (nSPS) is 14.2. The van der Waals surface area contributed by atoms with Crippen molar-refractivity contribution in [3.05, 3.63) is 34.3 Å². The van der Waals surface area contributed by atoms with Gasteiger partial charge in [0.2, 0.25) is 0 Å². The summed E-state index contributed by atoms with van der Waals surface area (Å²) in [5.41, 5.74) is -0.367. The first kappa shape index (κ1) is 18.8. The van der Waals surface area contributed by atoms with Gasteiger partial charge < -0.3 is 14.3 Å². The monoisotopic (exact) mass is 370 g/mol. The minimum absolute atomic E-state index is 0.257. The van der Waals surface area contributed by atoms with Crippen molar-refractivity contribution in [2.45, 2.75) is 32.6 Å². The standard InChI is InChI=1S/C17H23BrO4/c1-16(2,15(20)21-4)12-22-9-8-17(3,11-19)13-6-5-7-14(18)10-13/h5-7,10-11H,8-9,12H2,1-4H3. The van der Waals surface area contributed by atoms with Crippen LogP contribution in [-0.4, -0.2) is 32.6 Å². The van der Waals surface area contributed by atoms with Crippen LogP contribution in [0, 0.1) is 5.41 Å². The quantitative estimate of drug-likeness (QED) is 0.399. The van der Waals surface area contributed by atoms with Crippen LogP contribution in [0.2, 0.25) is 0 Å². The summed E-state index contributed by atoms with van der Waals surface area (Å²) in [4.78, 5) is 23.1. The summed E-state index contributed by atoms with van der Waals surface area (Å²) >= 11 is 3.42. The van der Waals surface area contributed by atoms with Crippen molar-refractivity contribution in [3.63, 3.8) is 0 Å². The maximum Gasteiger partial charge on any atom is 0.313 e. The maximum absolute atomic E-state index is 11.6. The molecular weight excluding hydrogens is 348 g/mol. The van der Waals surface area contributed by atoms with Crippen LogP contribution in [-0.2, 0) is 24.5 Å². The zero-order chi connectivity index (χ0) is 16.8. The Morgan fingerprint density at radius 3 is 2.55 bits per heavy atom. The van der Waals surface area contributed by atoms with Gasteiger partial charge in [0.1, 0.15) is 6.29 Å². The van der Waals surface area contributed by atoms with E-state index >= 15 is 0 Å². The fourth-order valence-corrected chi connectivity index (χ4v) is 2.46. The Bertz CT molecular complexity index is 527. The van der Waals surface area contributed by atoms with Gasteiger partial charge in [0.25, 0.3) is 0 Å². The third-order valence-corrected chi connectivity index (χ3v) is 4.20. The molecule has 4 nitrogen and oxygen atoms in total. The summed E-state index contributed by atoms with van der Waals surface area (Å²) in [7, 11) is 1.36. The van der Waals surface area contributed by atoms with E-state index in [4.69, 9.17) is 9.47 Å². The fraction of sp³-hybridized carbons (Fsp3) is 0.529. The van der Waals surface area contributed by atoms with E-state index in [2.05, 4.69) is 15.9 Å². The first-order chi connectivity index (χ1) is 10.2. The second-order valence-corrected chi connectivity index (χ2v) is 7.14. The minimum atomic E-state index is -0.692. The molecule has 0 fully saturated rings. The maximum atomic E-state index is 11.6. The molecule has 0 heterocycles. The van der Waals surface area contributed by atoms with E-state index < -0.39 is 10.8 Å². The summed E-state index contributed by atoms with van der Waals surface area (Å²) in [6.07, 6.45) is 1.49.